The first-order valence-corrected chi connectivity index (χ1v) is 23.9. The van der Waals surface area contributed by atoms with Gasteiger partial charge in [-0.2, -0.15) is 0 Å². The summed E-state index contributed by atoms with van der Waals surface area (Å²) in [7, 11) is -3.88. The molecule has 6 heteroatoms. The Morgan fingerprint density at radius 2 is 1.45 bits per heavy atom. The van der Waals surface area contributed by atoms with Crippen LogP contribution in [0.15, 0.2) is 23.9 Å². The maximum absolute atomic E-state index is 13.9. The number of carbonyl (C=O) groups excluding carboxylic acids is 1. The predicted octanol–water partition coefficient (Wildman–Crippen LogP) is 10.4. The van der Waals surface area contributed by atoms with Gasteiger partial charge < -0.3 is 13.8 Å². The molecule has 0 spiro atoms. The molecule has 0 amide bonds. The van der Waals surface area contributed by atoms with E-state index < -0.39 is 16.6 Å². The van der Waals surface area contributed by atoms with Crippen LogP contribution in [0.1, 0.15) is 113 Å². The van der Waals surface area contributed by atoms with E-state index in [2.05, 4.69) is 99.3 Å². The Kier molecular flexibility index (Phi) is 10.5. The molecule has 4 rings (SSSR count). The van der Waals surface area contributed by atoms with Crippen molar-refractivity contribution in [1.29, 1.82) is 0 Å². The second-order valence-corrected chi connectivity index (χ2v) is 28.5. The third-order valence-corrected chi connectivity index (χ3v) is 23.2. The van der Waals surface area contributed by atoms with Gasteiger partial charge in [-0.25, -0.2) is 0 Å². The Labute approximate surface area is 274 Å². The maximum atomic E-state index is 13.9. The van der Waals surface area contributed by atoms with Gasteiger partial charge >= 0.3 is 0 Å². The summed E-state index contributed by atoms with van der Waals surface area (Å²) in [6.07, 6.45) is 12.3. The molecule has 0 N–H and O–H groups in total. The van der Waals surface area contributed by atoms with E-state index >= 15 is 0 Å². The topological polar surface area (TPSA) is 38.8 Å². The van der Waals surface area contributed by atoms with Crippen LogP contribution in [0.2, 0.25) is 36.3 Å². The normalized spacial score (nSPS) is 35.4. The van der Waals surface area contributed by atoms with Crippen molar-refractivity contribution in [3.8, 4) is 0 Å². The van der Waals surface area contributed by atoms with Crippen LogP contribution in [-0.4, -0.2) is 53.6 Å². The number of hydrogen-bond donors (Lipinski definition) is 0. The van der Waals surface area contributed by atoms with Crippen molar-refractivity contribution < 1.29 is 13.6 Å². The molecule has 3 aliphatic carbocycles. The van der Waals surface area contributed by atoms with E-state index in [4.69, 9.17) is 8.85 Å². The van der Waals surface area contributed by atoms with E-state index in [1.54, 1.807) is 0 Å². The molecule has 3 saturated carbocycles. The lowest BCUT2D eigenvalue weighted by Crippen LogP contribution is -2.54. The quantitative estimate of drug-likeness (QED) is 0.150. The van der Waals surface area contributed by atoms with Crippen LogP contribution in [-0.2, 0) is 13.6 Å². The van der Waals surface area contributed by atoms with Gasteiger partial charge in [0.1, 0.15) is 0 Å². The van der Waals surface area contributed by atoms with E-state index in [9.17, 15) is 4.79 Å². The lowest BCUT2D eigenvalue weighted by molar-refractivity contribution is -0.126. The Bertz CT molecular complexity index is 1090. The molecule has 6 atom stereocenters. The van der Waals surface area contributed by atoms with Crippen molar-refractivity contribution >= 4 is 22.4 Å². The highest BCUT2D eigenvalue weighted by Gasteiger charge is 2.58. The van der Waals surface area contributed by atoms with Gasteiger partial charge in [0.05, 0.1) is 0 Å². The number of rotatable bonds is 8. The van der Waals surface area contributed by atoms with Gasteiger partial charge in [0.25, 0.3) is 0 Å². The first-order valence-electron chi connectivity index (χ1n) is 18.1. The molecule has 4 aliphatic rings. The zero-order valence-electron chi connectivity index (χ0n) is 31.0. The number of Topliss-reactive ketones (excluding diaryl/α,β-unsaturated/α-hetero) is 1. The summed E-state index contributed by atoms with van der Waals surface area (Å²) in [5.74, 6) is 2.18. The van der Waals surface area contributed by atoms with E-state index in [0.29, 0.717) is 36.6 Å². The first-order chi connectivity index (χ1) is 20.1. The summed E-state index contributed by atoms with van der Waals surface area (Å²) in [5, 5.41) is 0.336. The van der Waals surface area contributed by atoms with Crippen molar-refractivity contribution in [2.75, 3.05) is 26.3 Å². The van der Waals surface area contributed by atoms with Crippen LogP contribution in [0, 0.1) is 34.5 Å². The maximum Gasteiger partial charge on any atom is 0.191 e. The van der Waals surface area contributed by atoms with Crippen molar-refractivity contribution in [3.63, 3.8) is 0 Å². The van der Waals surface area contributed by atoms with Gasteiger partial charge in [0, 0.05) is 44.5 Å². The van der Waals surface area contributed by atoms with Crippen LogP contribution in [0.25, 0.3) is 0 Å². The molecule has 0 bridgehead atoms. The second kappa shape index (κ2) is 12.7. The lowest BCUT2D eigenvalue weighted by Gasteiger charge is -2.57. The second-order valence-electron chi connectivity index (χ2n) is 18.9. The van der Waals surface area contributed by atoms with Gasteiger partial charge in [0.2, 0.25) is 0 Å². The molecular weight excluding hydrogens is 575 g/mol. The van der Waals surface area contributed by atoms with Crippen molar-refractivity contribution in [2.24, 2.45) is 34.5 Å². The minimum absolute atomic E-state index is 0.00932. The van der Waals surface area contributed by atoms with E-state index in [-0.39, 0.29) is 26.8 Å². The summed E-state index contributed by atoms with van der Waals surface area (Å²) in [5.41, 5.74) is 2.74. The van der Waals surface area contributed by atoms with Gasteiger partial charge in [0.15, 0.2) is 22.4 Å². The number of ketones is 1. The number of nitrogens with zero attached hydrogens (tertiary/aromatic N) is 1. The summed E-state index contributed by atoms with van der Waals surface area (Å²) < 4.78 is 14.1. The Morgan fingerprint density at radius 3 is 2.02 bits per heavy atom. The number of fused-ring (bicyclic) bond motifs is 1. The Morgan fingerprint density at radius 1 is 0.886 bits per heavy atom. The molecule has 252 valence electrons. The molecule has 0 aromatic carbocycles. The summed E-state index contributed by atoms with van der Waals surface area (Å²) in [6, 6.07) is 0. The molecule has 0 radical (unpaired) electrons. The van der Waals surface area contributed by atoms with Gasteiger partial charge in [-0.15, -0.1) is 0 Å². The van der Waals surface area contributed by atoms with Crippen LogP contribution < -0.4 is 0 Å². The van der Waals surface area contributed by atoms with Crippen LogP contribution >= 0.6 is 0 Å². The molecule has 4 nitrogen and oxygen atoms in total. The average Bonchev–Trinajstić information content (AvgIpc) is 3.22. The number of likely N-dealkylation sites (tertiary alicyclic amines) is 1. The number of hydrogen-bond acceptors (Lipinski definition) is 4. The molecule has 0 aromatic heterocycles. The van der Waals surface area contributed by atoms with E-state index in [1.165, 1.54) is 44.1 Å². The number of allylic oxidation sites excluding steroid dienone is 2. The molecule has 4 fully saturated rings. The first kappa shape index (κ1) is 36.1. The fraction of sp³-hybridized carbons (Fsp3) is 0.868. The molecule has 1 saturated heterocycles. The highest BCUT2D eigenvalue weighted by Crippen LogP contribution is 2.64. The van der Waals surface area contributed by atoms with Crippen molar-refractivity contribution in [1.82, 2.24) is 4.90 Å². The highest BCUT2D eigenvalue weighted by atomic mass is 28.4. The lowest BCUT2D eigenvalue weighted by atomic mass is 9.49. The predicted molar refractivity (Wildman–Crippen MR) is 192 cm³/mol. The third kappa shape index (κ3) is 7.09. The molecule has 0 unspecified atom stereocenters. The largest absolute Gasteiger partial charge is 0.417 e. The fourth-order valence-electron chi connectivity index (χ4n) is 8.60. The van der Waals surface area contributed by atoms with Crippen LogP contribution in [0.4, 0.5) is 0 Å². The molecule has 44 heavy (non-hydrogen) atoms. The highest BCUT2D eigenvalue weighted by molar-refractivity contribution is 6.74. The summed E-state index contributed by atoms with van der Waals surface area (Å²) >= 11 is 0. The SMILES string of the molecule is C=C1CC[C@H]2[C@H](CO[Si](C)(C)C(C)(C)C)[C@@H]([C@@]3(C)C/C(=C/N4CCCCC4)C(=O)C[C@@H]3CO[Si](C)(C)C(C)(C)C)CC[C@]12C. The smallest absolute Gasteiger partial charge is 0.191 e. The van der Waals surface area contributed by atoms with E-state index in [0.717, 1.165) is 38.1 Å². The van der Waals surface area contributed by atoms with E-state index in [1.807, 2.05) is 0 Å². The Hall–Kier alpha value is -0.696. The van der Waals surface area contributed by atoms with Crippen molar-refractivity contribution in [3.05, 3.63) is 23.9 Å². The monoisotopic (exact) mass is 643 g/mol. The Balaban J connectivity index is 1.73. The molecular formula is C38H69NO3Si2. The zero-order valence-corrected chi connectivity index (χ0v) is 33.0. The third-order valence-electron chi connectivity index (χ3n) is 14.2. The summed E-state index contributed by atoms with van der Waals surface area (Å²) in [4.78, 5) is 16.4. The minimum Gasteiger partial charge on any atom is -0.417 e. The van der Waals surface area contributed by atoms with Gasteiger partial charge in [-0.1, -0.05) is 67.5 Å². The van der Waals surface area contributed by atoms with Crippen LogP contribution in [0.5, 0.6) is 0 Å². The molecule has 1 aliphatic heterocycles. The number of carbonyl (C=O) groups is 1. The average molecular weight is 644 g/mol. The standard InChI is InChI=1S/C38H69NO3Si2/c1-28-17-18-32-31(27-42-44(12,13)36(5,6)7)33(19-20-37(28,32)8)38(9)24-29(25-39-21-15-14-16-22-39)34(40)23-30(38)26-41-43(10,11)35(2,3)4/h25,30-33H,1,14-24,26-27H2,2-13H3/b29-25-/t30-,31+,32+,33+,37-,38+/m1/s1. The summed E-state index contributed by atoms with van der Waals surface area (Å²) in [6.45, 7) is 37.0. The zero-order chi connectivity index (χ0) is 32.9. The molecule has 1 heterocycles. The van der Waals surface area contributed by atoms with Crippen molar-refractivity contribution in [2.45, 2.75) is 149 Å². The minimum atomic E-state index is -1.96. The van der Waals surface area contributed by atoms with Crippen LogP contribution in [0.3, 0.4) is 0 Å². The molecule has 0 aromatic rings. The van der Waals surface area contributed by atoms with Gasteiger partial charge in [-0.3, -0.25) is 4.79 Å². The number of piperidine rings is 1. The fourth-order valence-corrected chi connectivity index (χ4v) is 10.7. The van der Waals surface area contributed by atoms with Gasteiger partial charge in [-0.05, 0) is 122 Å².